The van der Waals surface area contributed by atoms with E-state index < -0.39 is 30.0 Å². The Morgan fingerprint density at radius 3 is 2.00 bits per heavy atom. The molecule has 0 saturated carbocycles. The molecule has 4 aromatic rings. The molecule has 206 valence electrons. The van der Waals surface area contributed by atoms with Crippen molar-refractivity contribution >= 4 is 0 Å². The number of aromatic hydroxyl groups is 7. The largest absolute Gasteiger partial charge is 0.508 e. The number of hydrogen-bond acceptors (Lipinski definition) is 10. The minimum absolute atomic E-state index is 0.0261. The molecular formula is C30H26O10. The first-order chi connectivity index (χ1) is 19.1. The highest BCUT2D eigenvalue weighted by molar-refractivity contribution is 5.63. The molecule has 6 rings (SSSR count). The topological polar surface area (TPSA) is 180 Å². The smallest absolute Gasteiger partial charge is 0.157 e. The first-order valence-corrected chi connectivity index (χ1v) is 12.6. The van der Waals surface area contributed by atoms with Crippen LogP contribution < -0.4 is 9.47 Å². The lowest BCUT2D eigenvalue weighted by molar-refractivity contribution is 0.0184. The fourth-order valence-electron chi connectivity index (χ4n) is 5.56. The zero-order valence-electron chi connectivity index (χ0n) is 20.9. The van der Waals surface area contributed by atoms with Crippen LogP contribution in [0.3, 0.4) is 0 Å². The van der Waals surface area contributed by atoms with Gasteiger partial charge < -0.3 is 50.3 Å². The number of hydrogen-bond donors (Lipinski definition) is 8. The van der Waals surface area contributed by atoms with Gasteiger partial charge in [0.2, 0.25) is 0 Å². The average Bonchev–Trinajstić information content (AvgIpc) is 2.91. The predicted molar refractivity (Wildman–Crippen MR) is 140 cm³/mol. The van der Waals surface area contributed by atoms with Crippen molar-refractivity contribution in [3.05, 3.63) is 88.5 Å². The Morgan fingerprint density at radius 2 is 1.30 bits per heavy atom. The van der Waals surface area contributed by atoms with Gasteiger partial charge >= 0.3 is 0 Å². The number of phenolic OH excluding ortho intramolecular Hbond substituents is 7. The van der Waals surface area contributed by atoms with Crippen LogP contribution in [0.4, 0.5) is 0 Å². The van der Waals surface area contributed by atoms with Crippen LogP contribution in [0.15, 0.2) is 60.7 Å². The molecule has 0 amide bonds. The highest BCUT2D eigenvalue weighted by Gasteiger charge is 2.40. The van der Waals surface area contributed by atoms with E-state index in [1.54, 1.807) is 12.1 Å². The van der Waals surface area contributed by atoms with Crippen molar-refractivity contribution in [1.82, 2.24) is 0 Å². The Hall–Kier alpha value is -4.96. The molecule has 0 unspecified atom stereocenters. The van der Waals surface area contributed by atoms with Crippen molar-refractivity contribution in [2.75, 3.05) is 0 Å². The number of benzene rings is 4. The van der Waals surface area contributed by atoms with Gasteiger partial charge in [-0.3, -0.25) is 0 Å². The molecule has 0 saturated heterocycles. The molecule has 0 fully saturated rings. The van der Waals surface area contributed by atoms with E-state index in [2.05, 4.69) is 0 Å². The minimum atomic E-state index is -1.12. The van der Waals surface area contributed by atoms with E-state index in [4.69, 9.17) is 9.47 Å². The summed E-state index contributed by atoms with van der Waals surface area (Å²) < 4.78 is 12.4. The van der Waals surface area contributed by atoms with Gasteiger partial charge in [-0.2, -0.15) is 0 Å². The van der Waals surface area contributed by atoms with Crippen molar-refractivity contribution in [2.24, 2.45) is 0 Å². The van der Waals surface area contributed by atoms with Crippen LogP contribution in [-0.4, -0.2) is 47.0 Å². The summed E-state index contributed by atoms with van der Waals surface area (Å²) in [5.74, 6) is -2.05. The average molecular weight is 547 g/mol. The Kier molecular flexibility index (Phi) is 5.92. The summed E-state index contributed by atoms with van der Waals surface area (Å²) in [7, 11) is 0. The zero-order valence-corrected chi connectivity index (χ0v) is 20.9. The van der Waals surface area contributed by atoms with Gasteiger partial charge in [-0.1, -0.05) is 18.2 Å². The minimum Gasteiger partial charge on any atom is -0.508 e. The second-order valence-corrected chi connectivity index (χ2v) is 10.1. The molecule has 0 bridgehead atoms. The fraction of sp³-hybridized carbons (Fsp3) is 0.200. The Morgan fingerprint density at radius 1 is 0.625 bits per heavy atom. The molecule has 4 atom stereocenters. The predicted octanol–water partition coefficient (Wildman–Crippen LogP) is 4.32. The third kappa shape index (κ3) is 4.18. The Balaban J connectivity index is 1.49. The molecule has 2 aliphatic rings. The van der Waals surface area contributed by atoms with E-state index >= 15 is 0 Å². The molecule has 2 aliphatic heterocycles. The summed E-state index contributed by atoms with van der Waals surface area (Å²) in [6.45, 7) is 0. The summed E-state index contributed by atoms with van der Waals surface area (Å²) in [5.41, 5.74) is 2.13. The molecule has 40 heavy (non-hydrogen) atoms. The first kappa shape index (κ1) is 25.3. The van der Waals surface area contributed by atoms with Crippen LogP contribution in [0, 0.1) is 0 Å². The Labute approximate surface area is 227 Å². The first-order valence-electron chi connectivity index (χ1n) is 12.6. The molecule has 8 N–H and O–H groups in total. The van der Waals surface area contributed by atoms with Gasteiger partial charge in [0.05, 0.1) is 6.10 Å². The van der Waals surface area contributed by atoms with Gasteiger partial charge in [-0.05, 0) is 47.9 Å². The molecule has 0 radical (unpaired) electrons. The molecule has 4 aromatic carbocycles. The standard InChI is InChI=1S/C30H26O10/c31-15-3-4-16-17(11-26(39-27(16)9-15)13-1-5-19(32)22(35)7-13)28-24(37)12-21(34)18-10-25(38)29(40-30(18)28)14-2-6-20(33)23(36)8-14/h1-9,12,17,25-26,29,31-38H,10-11H2/t17-,25+,26+,29-/m1/s1. The summed E-state index contributed by atoms with van der Waals surface area (Å²) in [5, 5.41) is 82.6. The normalized spacial score (nSPS) is 21.5. The summed E-state index contributed by atoms with van der Waals surface area (Å²) in [6, 6.07) is 14.1. The molecule has 2 heterocycles. The molecule has 0 spiro atoms. The van der Waals surface area contributed by atoms with Crippen molar-refractivity contribution in [3.8, 4) is 51.7 Å². The molecule has 0 aliphatic carbocycles. The number of phenols is 7. The van der Waals surface area contributed by atoms with E-state index in [0.717, 1.165) is 0 Å². The zero-order chi connectivity index (χ0) is 28.3. The van der Waals surface area contributed by atoms with Crippen molar-refractivity contribution in [3.63, 3.8) is 0 Å². The van der Waals surface area contributed by atoms with Crippen LogP contribution in [0.2, 0.25) is 0 Å². The Bertz CT molecular complexity index is 1630. The van der Waals surface area contributed by atoms with Gasteiger partial charge in [0.15, 0.2) is 23.0 Å². The SMILES string of the molecule is Oc1ccc2c(c1)O[C@H](c1ccc(O)c(O)c1)C[C@H]2c1c(O)cc(O)c2c1O[C@H](c1ccc(O)c(O)c1)[C@@H](O)C2. The molecule has 0 aromatic heterocycles. The van der Waals surface area contributed by atoms with E-state index in [1.807, 2.05) is 0 Å². The maximum absolute atomic E-state index is 11.2. The highest BCUT2D eigenvalue weighted by atomic mass is 16.5. The van der Waals surface area contributed by atoms with Gasteiger partial charge in [0.1, 0.15) is 41.0 Å². The van der Waals surface area contributed by atoms with E-state index in [0.29, 0.717) is 28.0 Å². The van der Waals surface area contributed by atoms with Crippen LogP contribution in [0.5, 0.6) is 51.7 Å². The van der Waals surface area contributed by atoms with Gasteiger partial charge in [0, 0.05) is 41.2 Å². The van der Waals surface area contributed by atoms with Crippen LogP contribution in [0.1, 0.15) is 52.4 Å². The number of rotatable bonds is 3. The monoisotopic (exact) mass is 546 g/mol. The van der Waals surface area contributed by atoms with Crippen molar-refractivity contribution < 1.29 is 50.3 Å². The quantitative estimate of drug-likeness (QED) is 0.172. The van der Waals surface area contributed by atoms with E-state index in [1.165, 1.54) is 48.5 Å². The van der Waals surface area contributed by atoms with E-state index in [-0.39, 0.29) is 58.7 Å². The van der Waals surface area contributed by atoms with Gasteiger partial charge in [0.25, 0.3) is 0 Å². The summed E-state index contributed by atoms with van der Waals surface area (Å²) in [4.78, 5) is 0. The fourth-order valence-corrected chi connectivity index (χ4v) is 5.56. The molecular weight excluding hydrogens is 520 g/mol. The second-order valence-electron chi connectivity index (χ2n) is 10.1. The lowest BCUT2D eigenvalue weighted by Crippen LogP contribution is -2.31. The second kappa shape index (κ2) is 9.35. The van der Waals surface area contributed by atoms with Gasteiger partial charge in [-0.15, -0.1) is 0 Å². The number of ether oxygens (including phenoxy) is 2. The van der Waals surface area contributed by atoms with Crippen LogP contribution in [-0.2, 0) is 6.42 Å². The van der Waals surface area contributed by atoms with Crippen molar-refractivity contribution in [1.29, 1.82) is 0 Å². The van der Waals surface area contributed by atoms with Crippen LogP contribution >= 0.6 is 0 Å². The number of aliphatic hydroxyl groups is 1. The number of fused-ring (bicyclic) bond motifs is 2. The summed E-state index contributed by atoms with van der Waals surface area (Å²) >= 11 is 0. The lowest BCUT2D eigenvalue weighted by Gasteiger charge is -2.37. The molecule has 10 heteroatoms. The van der Waals surface area contributed by atoms with E-state index in [9.17, 15) is 40.9 Å². The number of aliphatic hydroxyl groups excluding tert-OH is 1. The highest BCUT2D eigenvalue weighted by Crippen LogP contribution is 2.55. The lowest BCUT2D eigenvalue weighted by atomic mass is 9.79. The van der Waals surface area contributed by atoms with Crippen LogP contribution in [0.25, 0.3) is 0 Å². The maximum Gasteiger partial charge on any atom is 0.157 e. The summed E-state index contributed by atoms with van der Waals surface area (Å²) in [6.07, 6.45) is -2.58. The van der Waals surface area contributed by atoms with Gasteiger partial charge in [-0.25, -0.2) is 0 Å². The maximum atomic E-state index is 11.2. The third-order valence-electron chi connectivity index (χ3n) is 7.52. The molecule has 10 nitrogen and oxygen atoms in total. The van der Waals surface area contributed by atoms with Crippen molar-refractivity contribution in [2.45, 2.75) is 37.1 Å². The third-order valence-corrected chi connectivity index (χ3v) is 7.52.